The third-order valence-electron chi connectivity index (χ3n) is 2.43. The maximum absolute atomic E-state index is 11.9. The van der Waals surface area contributed by atoms with Crippen LogP contribution in [0, 0.1) is 0 Å². The van der Waals surface area contributed by atoms with Crippen LogP contribution in [-0.4, -0.2) is 28.4 Å². The van der Waals surface area contributed by atoms with Crippen LogP contribution >= 0.6 is 11.6 Å². The lowest BCUT2D eigenvalue weighted by molar-refractivity contribution is 0.581. The van der Waals surface area contributed by atoms with E-state index in [-0.39, 0.29) is 5.03 Å². The average Bonchev–Trinajstić information content (AvgIpc) is 2.79. The molecule has 0 unspecified atom stereocenters. The summed E-state index contributed by atoms with van der Waals surface area (Å²) in [4.78, 5) is 4.06. The van der Waals surface area contributed by atoms with Crippen LogP contribution in [0.2, 0.25) is 5.02 Å². The van der Waals surface area contributed by atoms with Gasteiger partial charge in [-0.2, -0.15) is 5.10 Å². The zero-order chi connectivity index (χ0) is 13.3. The van der Waals surface area contributed by atoms with Crippen molar-refractivity contribution in [2.45, 2.75) is 24.1 Å². The Morgan fingerprint density at radius 2 is 2.06 bits per heavy atom. The number of rotatable bonds is 3. The molecule has 0 fully saturated rings. The molecule has 18 heavy (non-hydrogen) atoms. The minimum absolute atomic E-state index is 0.0271. The maximum atomic E-state index is 11.9. The van der Waals surface area contributed by atoms with Gasteiger partial charge in [0.05, 0.1) is 10.3 Å². The quantitative estimate of drug-likeness (QED) is 0.866. The SMILES string of the molecule is CC(C)S(=O)(=O)c1ccn(-c2ncccc2Cl)n1. The molecule has 0 N–H and O–H groups in total. The third kappa shape index (κ3) is 2.26. The van der Waals surface area contributed by atoms with E-state index in [2.05, 4.69) is 10.1 Å². The monoisotopic (exact) mass is 285 g/mol. The molecule has 0 saturated carbocycles. The fourth-order valence-electron chi connectivity index (χ4n) is 1.36. The number of halogens is 1. The van der Waals surface area contributed by atoms with Crippen LogP contribution in [-0.2, 0) is 9.84 Å². The van der Waals surface area contributed by atoms with Crippen LogP contribution in [0.5, 0.6) is 0 Å². The standard InChI is InChI=1S/C11H12ClN3O2S/c1-8(2)18(16,17)10-5-7-15(14-10)11-9(12)4-3-6-13-11/h3-8H,1-2H3. The van der Waals surface area contributed by atoms with Crippen molar-refractivity contribution >= 4 is 21.4 Å². The molecule has 96 valence electrons. The normalized spacial score (nSPS) is 12.0. The summed E-state index contributed by atoms with van der Waals surface area (Å²) >= 11 is 5.97. The predicted molar refractivity (Wildman–Crippen MR) is 68.7 cm³/mol. The van der Waals surface area contributed by atoms with Gasteiger partial charge in [-0.3, -0.25) is 0 Å². The number of nitrogens with zero attached hydrogens (tertiary/aromatic N) is 3. The molecular formula is C11H12ClN3O2S. The number of hydrogen-bond donors (Lipinski definition) is 0. The summed E-state index contributed by atoms with van der Waals surface area (Å²) in [5.41, 5.74) is 0. The van der Waals surface area contributed by atoms with E-state index in [0.717, 1.165) is 0 Å². The van der Waals surface area contributed by atoms with Gasteiger partial charge in [-0.15, -0.1) is 0 Å². The fraction of sp³-hybridized carbons (Fsp3) is 0.273. The summed E-state index contributed by atoms with van der Waals surface area (Å²) < 4.78 is 25.2. The topological polar surface area (TPSA) is 64.8 Å². The minimum atomic E-state index is -3.38. The van der Waals surface area contributed by atoms with Crippen LogP contribution in [0.15, 0.2) is 35.6 Å². The van der Waals surface area contributed by atoms with Crippen LogP contribution in [0.4, 0.5) is 0 Å². The molecule has 0 amide bonds. The van der Waals surface area contributed by atoms with Crippen LogP contribution in [0.1, 0.15) is 13.8 Å². The van der Waals surface area contributed by atoms with Gasteiger partial charge >= 0.3 is 0 Å². The number of sulfone groups is 1. The van der Waals surface area contributed by atoms with Gasteiger partial charge in [-0.1, -0.05) is 11.6 Å². The van der Waals surface area contributed by atoms with Gasteiger partial charge in [-0.25, -0.2) is 18.1 Å². The van der Waals surface area contributed by atoms with Gasteiger partial charge < -0.3 is 0 Å². The zero-order valence-electron chi connectivity index (χ0n) is 9.91. The fourth-order valence-corrected chi connectivity index (χ4v) is 2.51. The van der Waals surface area contributed by atoms with E-state index in [1.54, 1.807) is 32.2 Å². The van der Waals surface area contributed by atoms with E-state index >= 15 is 0 Å². The Bertz CT molecular complexity index is 664. The van der Waals surface area contributed by atoms with Crippen molar-refractivity contribution in [1.29, 1.82) is 0 Å². The predicted octanol–water partition coefficient (Wildman–Crippen LogP) is 2.10. The maximum Gasteiger partial charge on any atom is 0.199 e. The number of pyridine rings is 1. The van der Waals surface area contributed by atoms with Crippen molar-refractivity contribution in [2.75, 3.05) is 0 Å². The molecule has 2 aromatic rings. The van der Waals surface area contributed by atoms with Crippen LogP contribution < -0.4 is 0 Å². The van der Waals surface area contributed by atoms with Crippen molar-refractivity contribution in [2.24, 2.45) is 0 Å². The summed E-state index contributed by atoms with van der Waals surface area (Å²) in [5, 5.41) is 3.94. The Kier molecular flexibility index (Phi) is 3.41. The Morgan fingerprint density at radius 1 is 1.33 bits per heavy atom. The Labute approximate surface area is 110 Å². The van der Waals surface area contributed by atoms with Crippen molar-refractivity contribution in [3.05, 3.63) is 35.6 Å². The third-order valence-corrected chi connectivity index (χ3v) is 4.77. The summed E-state index contributed by atoms with van der Waals surface area (Å²) in [7, 11) is -3.38. The summed E-state index contributed by atoms with van der Waals surface area (Å²) in [5.74, 6) is 0.407. The molecule has 0 aromatic carbocycles. The van der Waals surface area contributed by atoms with E-state index in [0.29, 0.717) is 10.8 Å². The second-order valence-electron chi connectivity index (χ2n) is 4.00. The molecule has 0 aliphatic heterocycles. The van der Waals surface area contributed by atoms with Crippen molar-refractivity contribution in [3.63, 3.8) is 0 Å². The van der Waals surface area contributed by atoms with Gasteiger partial charge in [-0.05, 0) is 32.0 Å². The number of hydrogen-bond acceptors (Lipinski definition) is 4. The highest BCUT2D eigenvalue weighted by Crippen LogP contribution is 2.19. The molecule has 2 heterocycles. The lowest BCUT2D eigenvalue weighted by atomic mass is 10.4. The molecule has 0 bridgehead atoms. The average molecular weight is 286 g/mol. The highest BCUT2D eigenvalue weighted by Gasteiger charge is 2.22. The van der Waals surface area contributed by atoms with Crippen LogP contribution in [0.25, 0.3) is 5.82 Å². The van der Waals surface area contributed by atoms with E-state index < -0.39 is 15.1 Å². The van der Waals surface area contributed by atoms with Crippen molar-refractivity contribution < 1.29 is 8.42 Å². The molecule has 0 radical (unpaired) electrons. The molecule has 2 rings (SSSR count). The molecule has 5 nitrogen and oxygen atoms in total. The summed E-state index contributed by atoms with van der Waals surface area (Å²) in [6.45, 7) is 3.23. The van der Waals surface area contributed by atoms with Gasteiger partial charge in [0.15, 0.2) is 20.7 Å². The summed E-state index contributed by atoms with van der Waals surface area (Å²) in [6, 6.07) is 4.81. The Morgan fingerprint density at radius 3 is 2.67 bits per heavy atom. The Hall–Kier alpha value is -1.40. The molecular weight excluding hydrogens is 274 g/mol. The van der Waals surface area contributed by atoms with E-state index in [4.69, 9.17) is 11.6 Å². The zero-order valence-corrected chi connectivity index (χ0v) is 11.5. The first-order valence-corrected chi connectivity index (χ1v) is 7.26. The highest BCUT2D eigenvalue weighted by molar-refractivity contribution is 7.91. The molecule has 0 spiro atoms. The van der Waals surface area contributed by atoms with Crippen LogP contribution in [0.3, 0.4) is 0 Å². The van der Waals surface area contributed by atoms with Gasteiger partial charge in [0.1, 0.15) is 0 Å². The van der Waals surface area contributed by atoms with E-state index in [1.165, 1.54) is 16.9 Å². The van der Waals surface area contributed by atoms with Crippen molar-refractivity contribution in [1.82, 2.24) is 14.8 Å². The number of aromatic nitrogens is 3. The Balaban J connectivity index is 2.47. The van der Waals surface area contributed by atoms with E-state index in [9.17, 15) is 8.42 Å². The lowest BCUT2D eigenvalue weighted by Gasteiger charge is -2.04. The molecule has 0 atom stereocenters. The van der Waals surface area contributed by atoms with Crippen molar-refractivity contribution in [3.8, 4) is 5.82 Å². The minimum Gasteiger partial charge on any atom is -0.236 e. The highest BCUT2D eigenvalue weighted by atomic mass is 35.5. The summed E-state index contributed by atoms with van der Waals surface area (Å²) in [6.07, 6.45) is 3.10. The van der Waals surface area contributed by atoms with Gasteiger partial charge in [0.25, 0.3) is 0 Å². The van der Waals surface area contributed by atoms with Gasteiger partial charge in [0, 0.05) is 12.4 Å². The first kappa shape index (κ1) is 13.0. The van der Waals surface area contributed by atoms with E-state index in [1.807, 2.05) is 0 Å². The smallest absolute Gasteiger partial charge is 0.199 e. The second-order valence-corrected chi connectivity index (χ2v) is 6.86. The lowest BCUT2D eigenvalue weighted by Crippen LogP contribution is -2.15. The van der Waals surface area contributed by atoms with Gasteiger partial charge in [0.2, 0.25) is 0 Å². The molecule has 0 aliphatic carbocycles. The first-order valence-electron chi connectivity index (χ1n) is 5.33. The largest absolute Gasteiger partial charge is 0.236 e. The molecule has 7 heteroatoms. The molecule has 0 aliphatic rings. The molecule has 0 saturated heterocycles. The second kappa shape index (κ2) is 4.70. The first-order chi connectivity index (χ1) is 8.43. The molecule has 2 aromatic heterocycles.